The van der Waals surface area contributed by atoms with Gasteiger partial charge in [0.2, 0.25) is 11.8 Å². The predicted octanol–water partition coefficient (Wildman–Crippen LogP) is 2.29. The summed E-state index contributed by atoms with van der Waals surface area (Å²) >= 11 is 0. The normalized spacial score (nSPS) is 18.2. The number of rotatable bonds is 5. The zero-order valence-electron chi connectivity index (χ0n) is 14.2. The molecule has 24 heavy (non-hydrogen) atoms. The maximum Gasteiger partial charge on any atom is 0.227 e. The lowest BCUT2D eigenvalue weighted by molar-refractivity contribution is -0.135. The standard InChI is InChI=1S/C18H24N2O4/c1-23-15-9-14(10-16(11-15)24-2)19-17(21)12-5-7-20(8-6-12)18(22)13-3-4-13/h9-13H,3-8H2,1-2H3,(H,19,21). The Morgan fingerprint density at radius 1 is 0.958 bits per heavy atom. The largest absolute Gasteiger partial charge is 0.497 e. The van der Waals surface area contributed by atoms with Crippen molar-refractivity contribution in [2.75, 3.05) is 32.6 Å². The van der Waals surface area contributed by atoms with Gasteiger partial charge >= 0.3 is 0 Å². The van der Waals surface area contributed by atoms with Crippen molar-refractivity contribution in [3.63, 3.8) is 0 Å². The Morgan fingerprint density at radius 3 is 2.04 bits per heavy atom. The van der Waals surface area contributed by atoms with E-state index in [0.717, 1.165) is 12.8 Å². The van der Waals surface area contributed by atoms with Crippen LogP contribution in [0.3, 0.4) is 0 Å². The third-order valence-electron chi connectivity index (χ3n) is 4.72. The number of nitrogens with one attached hydrogen (secondary N) is 1. The molecular formula is C18H24N2O4. The molecule has 1 aliphatic carbocycles. The first-order valence-electron chi connectivity index (χ1n) is 8.43. The lowest BCUT2D eigenvalue weighted by Crippen LogP contribution is -2.42. The third-order valence-corrected chi connectivity index (χ3v) is 4.72. The SMILES string of the molecule is COc1cc(NC(=O)C2CCN(C(=O)C3CC3)CC2)cc(OC)c1. The fourth-order valence-corrected chi connectivity index (χ4v) is 3.07. The summed E-state index contributed by atoms with van der Waals surface area (Å²) in [4.78, 5) is 26.5. The quantitative estimate of drug-likeness (QED) is 0.898. The second-order valence-electron chi connectivity index (χ2n) is 6.46. The van der Waals surface area contributed by atoms with Crippen LogP contribution in [-0.4, -0.2) is 44.0 Å². The van der Waals surface area contributed by atoms with Gasteiger partial charge < -0.3 is 19.7 Å². The van der Waals surface area contributed by atoms with Crippen molar-refractivity contribution in [2.45, 2.75) is 25.7 Å². The Labute approximate surface area is 142 Å². The van der Waals surface area contributed by atoms with Crippen molar-refractivity contribution in [1.82, 2.24) is 4.90 Å². The number of carbonyl (C=O) groups is 2. The van der Waals surface area contributed by atoms with E-state index in [2.05, 4.69) is 5.32 Å². The number of ether oxygens (including phenoxy) is 2. The molecule has 2 aliphatic rings. The first-order valence-corrected chi connectivity index (χ1v) is 8.43. The highest BCUT2D eigenvalue weighted by Gasteiger charge is 2.35. The highest BCUT2D eigenvalue weighted by Crippen LogP contribution is 2.33. The van der Waals surface area contributed by atoms with E-state index in [9.17, 15) is 9.59 Å². The zero-order chi connectivity index (χ0) is 17.1. The molecule has 0 spiro atoms. The molecule has 1 aliphatic heterocycles. The van der Waals surface area contributed by atoms with Crippen LogP contribution in [-0.2, 0) is 9.59 Å². The summed E-state index contributed by atoms with van der Waals surface area (Å²) < 4.78 is 10.4. The van der Waals surface area contributed by atoms with E-state index in [-0.39, 0.29) is 23.7 Å². The van der Waals surface area contributed by atoms with Gasteiger partial charge in [-0.05, 0) is 25.7 Å². The van der Waals surface area contributed by atoms with E-state index in [0.29, 0.717) is 43.1 Å². The molecule has 3 rings (SSSR count). The molecule has 1 saturated heterocycles. The van der Waals surface area contributed by atoms with Crippen LogP contribution >= 0.6 is 0 Å². The van der Waals surface area contributed by atoms with Crippen LogP contribution in [0.4, 0.5) is 5.69 Å². The molecule has 0 unspecified atom stereocenters. The molecule has 1 N–H and O–H groups in total. The van der Waals surface area contributed by atoms with Crippen LogP contribution in [0.2, 0.25) is 0 Å². The number of hydrogen-bond donors (Lipinski definition) is 1. The maximum absolute atomic E-state index is 12.5. The summed E-state index contributed by atoms with van der Waals surface area (Å²) in [6, 6.07) is 5.30. The Bertz CT molecular complexity index is 597. The molecule has 0 bridgehead atoms. The molecule has 0 atom stereocenters. The van der Waals surface area contributed by atoms with E-state index >= 15 is 0 Å². The molecular weight excluding hydrogens is 308 g/mol. The molecule has 1 saturated carbocycles. The van der Waals surface area contributed by atoms with Gasteiger partial charge in [0.15, 0.2) is 0 Å². The van der Waals surface area contributed by atoms with Crippen molar-refractivity contribution in [3.05, 3.63) is 18.2 Å². The lowest BCUT2D eigenvalue weighted by Gasteiger charge is -2.31. The minimum Gasteiger partial charge on any atom is -0.497 e. The fraction of sp³-hybridized carbons (Fsp3) is 0.556. The monoisotopic (exact) mass is 332 g/mol. The Morgan fingerprint density at radius 2 is 1.54 bits per heavy atom. The first-order chi connectivity index (χ1) is 11.6. The second kappa shape index (κ2) is 7.11. The van der Waals surface area contributed by atoms with Crippen molar-refractivity contribution in [2.24, 2.45) is 11.8 Å². The summed E-state index contributed by atoms with van der Waals surface area (Å²) in [5.74, 6) is 1.71. The number of benzene rings is 1. The Hall–Kier alpha value is -2.24. The number of amides is 2. The second-order valence-corrected chi connectivity index (χ2v) is 6.46. The van der Waals surface area contributed by atoms with Gasteiger partial charge in [-0.3, -0.25) is 9.59 Å². The van der Waals surface area contributed by atoms with Crippen molar-refractivity contribution in [3.8, 4) is 11.5 Å². The highest BCUT2D eigenvalue weighted by atomic mass is 16.5. The number of likely N-dealkylation sites (tertiary alicyclic amines) is 1. The fourth-order valence-electron chi connectivity index (χ4n) is 3.07. The van der Waals surface area contributed by atoms with Gasteiger partial charge in [-0.25, -0.2) is 0 Å². The van der Waals surface area contributed by atoms with Gasteiger partial charge in [0.05, 0.1) is 14.2 Å². The topological polar surface area (TPSA) is 67.9 Å². The van der Waals surface area contributed by atoms with Gasteiger partial charge in [-0.2, -0.15) is 0 Å². The first kappa shape index (κ1) is 16.6. The average Bonchev–Trinajstić information content (AvgIpc) is 3.46. The molecule has 130 valence electrons. The summed E-state index contributed by atoms with van der Waals surface area (Å²) in [7, 11) is 3.15. The third kappa shape index (κ3) is 3.80. The van der Waals surface area contributed by atoms with E-state index in [1.807, 2.05) is 4.90 Å². The molecule has 2 fully saturated rings. The molecule has 6 nitrogen and oxygen atoms in total. The van der Waals surface area contributed by atoms with Crippen molar-refractivity contribution < 1.29 is 19.1 Å². The smallest absolute Gasteiger partial charge is 0.227 e. The van der Waals surface area contributed by atoms with Gasteiger partial charge in [-0.1, -0.05) is 0 Å². The summed E-state index contributed by atoms with van der Waals surface area (Å²) in [5, 5.41) is 2.94. The molecule has 1 aromatic rings. The lowest BCUT2D eigenvalue weighted by atomic mass is 9.95. The number of hydrogen-bond acceptors (Lipinski definition) is 4. The van der Waals surface area contributed by atoms with Gasteiger partial charge in [0, 0.05) is 48.8 Å². The molecule has 1 aromatic carbocycles. The Kier molecular flexibility index (Phi) is 4.92. The van der Waals surface area contributed by atoms with Crippen LogP contribution in [0.1, 0.15) is 25.7 Å². The molecule has 1 heterocycles. The summed E-state index contributed by atoms with van der Waals surface area (Å²) in [6.45, 7) is 1.35. The number of nitrogens with zero attached hydrogens (tertiary/aromatic N) is 1. The molecule has 0 aromatic heterocycles. The Balaban J connectivity index is 1.56. The van der Waals surface area contributed by atoms with E-state index in [4.69, 9.17) is 9.47 Å². The van der Waals surface area contributed by atoms with Crippen LogP contribution in [0, 0.1) is 11.8 Å². The van der Waals surface area contributed by atoms with E-state index < -0.39 is 0 Å². The van der Waals surface area contributed by atoms with E-state index in [1.165, 1.54) is 0 Å². The van der Waals surface area contributed by atoms with Crippen LogP contribution in [0.15, 0.2) is 18.2 Å². The van der Waals surface area contributed by atoms with Crippen LogP contribution in [0.5, 0.6) is 11.5 Å². The van der Waals surface area contributed by atoms with Gasteiger partial charge in [0.1, 0.15) is 11.5 Å². The van der Waals surface area contributed by atoms with Gasteiger partial charge in [-0.15, -0.1) is 0 Å². The molecule has 6 heteroatoms. The molecule has 0 radical (unpaired) electrons. The number of piperidine rings is 1. The van der Waals surface area contributed by atoms with Crippen molar-refractivity contribution >= 4 is 17.5 Å². The number of carbonyl (C=O) groups excluding carboxylic acids is 2. The predicted molar refractivity (Wildman–Crippen MR) is 90.2 cm³/mol. The average molecular weight is 332 g/mol. The number of anilines is 1. The van der Waals surface area contributed by atoms with Crippen LogP contribution < -0.4 is 14.8 Å². The summed E-state index contributed by atoms with van der Waals surface area (Å²) in [6.07, 6.45) is 3.48. The summed E-state index contributed by atoms with van der Waals surface area (Å²) in [5.41, 5.74) is 0.660. The minimum atomic E-state index is -0.0644. The van der Waals surface area contributed by atoms with Crippen LogP contribution in [0.25, 0.3) is 0 Å². The molecule has 2 amide bonds. The minimum absolute atomic E-state index is 0.0103. The zero-order valence-corrected chi connectivity index (χ0v) is 14.2. The van der Waals surface area contributed by atoms with Crippen molar-refractivity contribution in [1.29, 1.82) is 0 Å². The maximum atomic E-state index is 12.5. The number of methoxy groups -OCH3 is 2. The van der Waals surface area contributed by atoms with E-state index in [1.54, 1.807) is 32.4 Å². The van der Waals surface area contributed by atoms with Gasteiger partial charge in [0.25, 0.3) is 0 Å². The highest BCUT2D eigenvalue weighted by molar-refractivity contribution is 5.93.